The number of ether oxygens (including phenoxy) is 1. The Labute approximate surface area is 114 Å². The fourth-order valence-corrected chi connectivity index (χ4v) is 2.44. The number of hydrogen-bond acceptors (Lipinski definition) is 3. The van der Waals surface area contributed by atoms with Crippen LogP contribution in [0.25, 0.3) is 0 Å². The first kappa shape index (κ1) is 13.9. The highest BCUT2D eigenvalue weighted by Gasteiger charge is 2.26. The van der Waals surface area contributed by atoms with Gasteiger partial charge in [0.05, 0.1) is 6.61 Å². The van der Waals surface area contributed by atoms with E-state index in [-0.39, 0.29) is 5.91 Å². The Bertz CT molecular complexity index is 459. The molecule has 0 unspecified atom stereocenters. The van der Waals surface area contributed by atoms with Gasteiger partial charge in [0.2, 0.25) is 0 Å². The maximum Gasteiger partial charge on any atom is 0.253 e. The highest BCUT2D eigenvalue weighted by Crippen LogP contribution is 2.23. The molecule has 0 aromatic heterocycles. The number of carbonyl (C=O) groups excluding carboxylic acids is 1. The summed E-state index contributed by atoms with van der Waals surface area (Å²) in [7, 11) is 0. The number of aryl methyl sites for hydroxylation is 1. The molecule has 1 aliphatic rings. The monoisotopic (exact) mass is 262 g/mol. The summed E-state index contributed by atoms with van der Waals surface area (Å²) in [6.45, 7) is 6.77. The van der Waals surface area contributed by atoms with E-state index < -0.39 is 0 Å². The van der Waals surface area contributed by atoms with Crippen LogP contribution >= 0.6 is 0 Å². The van der Waals surface area contributed by atoms with Crippen LogP contribution in [-0.4, -0.2) is 37.0 Å². The summed E-state index contributed by atoms with van der Waals surface area (Å²) in [6, 6.07) is 5.65. The van der Waals surface area contributed by atoms with E-state index in [0.29, 0.717) is 24.6 Å². The number of benzene rings is 1. The lowest BCUT2D eigenvalue weighted by Gasteiger charge is -2.17. The molecule has 1 saturated heterocycles. The Morgan fingerprint density at radius 1 is 1.53 bits per heavy atom. The average Bonchev–Trinajstić information content (AvgIpc) is 2.89. The highest BCUT2D eigenvalue weighted by atomic mass is 16.5. The van der Waals surface area contributed by atoms with Crippen LogP contribution in [0.15, 0.2) is 18.2 Å². The number of nitrogens with zero attached hydrogens (tertiary/aromatic N) is 1. The first-order chi connectivity index (χ1) is 9.15. The van der Waals surface area contributed by atoms with Gasteiger partial charge in [-0.1, -0.05) is 6.07 Å². The van der Waals surface area contributed by atoms with E-state index in [1.807, 2.05) is 36.9 Å². The van der Waals surface area contributed by atoms with Crippen molar-refractivity contribution >= 4 is 5.91 Å². The molecule has 0 aliphatic carbocycles. The van der Waals surface area contributed by atoms with E-state index in [9.17, 15) is 4.79 Å². The predicted molar refractivity (Wildman–Crippen MR) is 75.4 cm³/mol. The molecule has 19 heavy (non-hydrogen) atoms. The Morgan fingerprint density at radius 2 is 2.32 bits per heavy atom. The fourth-order valence-electron chi connectivity index (χ4n) is 2.44. The van der Waals surface area contributed by atoms with Crippen LogP contribution in [-0.2, 0) is 0 Å². The standard InChI is InChI=1S/C15H22N2O2/c1-3-19-14-8-13(5-4-11(14)2)15(18)17-7-6-12(9-16)10-17/h4-5,8,12H,3,6-7,9-10,16H2,1-2H3/t12-/m0/s1. The minimum absolute atomic E-state index is 0.0805. The zero-order chi connectivity index (χ0) is 13.8. The van der Waals surface area contributed by atoms with Crippen LogP contribution in [0.2, 0.25) is 0 Å². The molecule has 1 amide bonds. The lowest BCUT2D eigenvalue weighted by molar-refractivity contribution is 0.0787. The summed E-state index contributed by atoms with van der Waals surface area (Å²) in [5, 5.41) is 0. The van der Waals surface area contributed by atoms with Crippen LogP contribution in [0, 0.1) is 12.8 Å². The molecule has 2 rings (SSSR count). The summed E-state index contributed by atoms with van der Waals surface area (Å²) < 4.78 is 5.54. The molecule has 1 aromatic rings. The Balaban J connectivity index is 2.13. The van der Waals surface area contributed by atoms with Crippen molar-refractivity contribution in [3.05, 3.63) is 29.3 Å². The van der Waals surface area contributed by atoms with Gasteiger partial charge in [0.15, 0.2) is 0 Å². The highest BCUT2D eigenvalue weighted by molar-refractivity contribution is 5.95. The van der Waals surface area contributed by atoms with Crippen molar-refractivity contribution in [3.63, 3.8) is 0 Å². The van der Waals surface area contributed by atoms with E-state index in [4.69, 9.17) is 10.5 Å². The molecule has 1 aromatic carbocycles. The van der Waals surface area contributed by atoms with Gasteiger partial charge in [0, 0.05) is 18.7 Å². The second-order valence-corrected chi connectivity index (χ2v) is 5.05. The first-order valence-corrected chi connectivity index (χ1v) is 6.88. The van der Waals surface area contributed by atoms with E-state index >= 15 is 0 Å². The second kappa shape index (κ2) is 6.06. The maximum absolute atomic E-state index is 12.4. The van der Waals surface area contributed by atoms with Gasteiger partial charge in [-0.3, -0.25) is 4.79 Å². The van der Waals surface area contributed by atoms with E-state index in [1.165, 1.54) is 0 Å². The number of nitrogens with two attached hydrogens (primary N) is 1. The minimum Gasteiger partial charge on any atom is -0.494 e. The lowest BCUT2D eigenvalue weighted by Crippen LogP contribution is -2.29. The molecule has 4 heteroatoms. The summed E-state index contributed by atoms with van der Waals surface area (Å²) >= 11 is 0. The molecular weight excluding hydrogens is 240 g/mol. The normalized spacial score (nSPS) is 18.7. The quantitative estimate of drug-likeness (QED) is 0.900. The molecule has 0 bridgehead atoms. The van der Waals surface area contributed by atoms with Crippen molar-refractivity contribution in [1.82, 2.24) is 4.90 Å². The van der Waals surface area contributed by atoms with E-state index in [0.717, 1.165) is 30.8 Å². The molecule has 2 N–H and O–H groups in total. The van der Waals surface area contributed by atoms with Crippen molar-refractivity contribution in [2.24, 2.45) is 11.7 Å². The summed E-state index contributed by atoms with van der Waals surface area (Å²) in [4.78, 5) is 14.3. The van der Waals surface area contributed by atoms with Gasteiger partial charge in [-0.05, 0) is 50.4 Å². The van der Waals surface area contributed by atoms with Gasteiger partial charge in [0.25, 0.3) is 5.91 Å². The zero-order valence-electron chi connectivity index (χ0n) is 11.7. The smallest absolute Gasteiger partial charge is 0.253 e. The van der Waals surface area contributed by atoms with Gasteiger partial charge < -0.3 is 15.4 Å². The minimum atomic E-state index is 0.0805. The topological polar surface area (TPSA) is 55.6 Å². The molecule has 0 spiro atoms. The molecule has 1 fully saturated rings. The third-order valence-electron chi connectivity index (χ3n) is 3.64. The van der Waals surface area contributed by atoms with Crippen LogP contribution in [0.4, 0.5) is 0 Å². The Hall–Kier alpha value is -1.55. The number of amides is 1. The maximum atomic E-state index is 12.4. The number of hydrogen-bond donors (Lipinski definition) is 1. The molecule has 4 nitrogen and oxygen atoms in total. The molecular formula is C15H22N2O2. The average molecular weight is 262 g/mol. The Morgan fingerprint density at radius 3 is 2.95 bits per heavy atom. The second-order valence-electron chi connectivity index (χ2n) is 5.05. The molecule has 1 atom stereocenters. The molecule has 1 heterocycles. The first-order valence-electron chi connectivity index (χ1n) is 6.88. The van der Waals surface area contributed by atoms with Gasteiger partial charge in [-0.2, -0.15) is 0 Å². The van der Waals surface area contributed by atoms with Gasteiger partial charge in [-0.25, -0.2) is 0 Å². The number of likely N-dealkylation sites (tertiary alicyclic amines) is 1. The van der Waals surface area contributed by atoms with Crippen LogP contribution in [0.5, 0.6) is 5.75 Å². The molecule has 104 valence electrons. The van der Waals surface area contributed by atoms with Crippen molar-refractivity contribution in [3.8, 4) is 5.75 Å². The largest absolute Gasteiger partial charge is 0.494 e. The summed E-state index contributed by atoms with van der Waals surface area (Å²) in [6.07, 6.45) is 1.01. The van der Waals surface area contributed by atoms with E-state index in [2.05, 4.69) is 0 Å². The SMILES string of the molecule is CCOc1cc(C(=O)N2CC[C@@H](CN)C2)ccc1C. The lowest BCUT2D eigenvalue weighted by atomic mass is 10.1. The number of rotatable bonds is 4. The van der Waals surface area contributed by atoms with Crippen molar-refractivity contribution in [2.45, 2.75) is 20.3 Å². The molecule has 0 saturated carbocycles. The molecule has 0 radical (unpaired) electrons. The third-order valence-corrected chi connectivity index (χ3v) is 3.64. The van der Waals surface area contributed by atoms with Gasteiger partial charge in [0.1, 0.15) is 5.75 Å². The van der Waals surface area contributed by atoms with Crippen LogP contribution in [0.1, 0.15) is 29.3 Å². The predicted octanol–water partition coefficient (Wildman–Crippen LogP) is 1.81. The zero-order valence-corrected chi connectivity index (χ0v) is 11.7. The van der Waals surface area contributed by atoms with Gasteiger partial charge in [-0.15, -0.1) is 0 Å². The van der Waals surface area contributed by atoms with E-state index in [1.54, 1.807) is 0 Å². The van der Waals surface area contributed by atoms with Gasteiger partial charge >= 0.3 is 0 Å². The van der Waals surface area contributed by atoms with Crippen molar-refractivity contribution in [1.29, 1.82) is 0 Å². The third kappa shape index (κ3) is 3.07. The van der Waals surface area contributed by atoms with Crippen LogP contribution in [0.3, 0.4) is 0 Å². The summed E-state index contributed by atoms with van der Waals surface area (Å²) in [5.41, 5.74) is 7.42. The molecule has 1 aliphatic heterocycles. The summed E-state index contributed by atoms with van der Waals surface area (Å²) in [5.74, 6) is 1.32. The van der Waals surface area contributed by atoms with Crippen LogP contribution < -0.4 is 10.5 Å². The van der Waals surface area contributed by atoms with Crippen molar-refractivity contribution in [2.75, 3.05) is 26.2 Å². The Kier molecular flexibility index (Phi) is 4.43. The number of carbonyl (C=O) groups is 1. The fraction of sp³-hybridized carbons (Fsp3) is 0.533. The van der Waals surface area contributed by atoms with Crippen molar-refractivity contribution < 1.29 is 9.53 Å².